The molecule has 1 aromatic rings. The number of thiophene rings is 1. The van der Waals surface area contributed by atoms with E-state index in [1.54, 1.807) is 11.3 Å². The maximum Gasteiger partial charge on any atom is 0.0934 e. The molecule has 3 atom stereocenters. The Labute approximate surface area is 125 Å². The van der Waals surface area contributed by atoms with Crippen LogP contribution in [-0.2, 0) is 6.42 Å². The minimum atomic E-state index is 0.563. The summed E-state index contributed by atoms with van der Waals surface area (Å²) in [5, 5.41) is 3.94. The van der Waals surface area contributed by atoms with Gasteiger partial charge in [-0.25, -0.2) is 0 Å². The number of halogens is 1. The standard InChI is InChI=1S/C16H24ClNS/c1-2-11-5-3-6-12(9-11)18-14-7-4-8-15-13(14)10-16(17)19-15/h10-12,14,18H,2-9H2,1H3. The van der Waals surface area contributed by atoms with Crippen molar-refractivity contribution in [1.82, 2.24) is 5.32 Å². The van der Waals surface area contributed by atoms with Crippen molar-refractivity contribution in [3.63, 3.8) is 0 Å². The van der Waals surface area contributed by atoms with E-state index in [4.69, 9.17) is 11.6 Å². The van der Waals surface area contributed by atoms with Gasteiger partial charge in [-0.05, 0) is 49.7 Å². The molecule has 0 bridgehead atoms. The molecule has 0 saturated heterocycles. The number of hydrogen-bond donors (Lipinski definition) is 1. The molecule has 0 amide bonds. The Morgan fingerprint density at radius 1 is 1.32 bits per heavy atom. The molecule has 106 valence electrons. The lowest BCUT2D eigenvalue weighted by atomic mass is 9.83. The van der Waals surface area contributed by atoms with Gasteiger partial charge in [0.25, 0.3) is 0 Å². The number of fused-ring (bicyclic) bond motifs is 1. The van der Waals surface area contributed by atoms with Crippen LogP contribution in [0, 0.1) is 5.92 Å². The zero-order chi connectivity index (χ0) is 13.2. The third-order valence-electron chi connectivity index (χ3n) is 4.88. The third-order valence-corrected chi connectivity index (χ3v) is 6.22. The Balaban J connectivity index is 1.67. The molecule has 3 rings (SSSR count). The van der Waals surface area contributed by atoms with Gasteiger partial charge < -0.3 is 5.32 Å². The summed E-state index contributed by atoms with van der Waals surface area (Å²) in [4.78, 5) is 1.52. The SMILES string of the molecule is CCC1CCCC(NC2CCCc3sc(Cl)cc32)C1. The molecule has 3 heteroatoms. The summed E-state index contributed by atoms with van der Waals surface area (Å²) in [6.07, 6.45) is 10.7. The molecule has 1 heterocycles. The maximum atomic E-state index is 6.20. The summed E-state index contributed by atoms with van der Waals surface area (Å²) in [5.74, 6) is 0.945. The van der Waals surface area contributed by atoms with E-state index in [1.165, 1.54) is 61.8 Å². The average molecular weight is 298 g/mol. The molecule has 2 aliphatic carbocycles. The molecule has 0 spiro atoms. The van der Waals surface area contributed by atoms with E-state index in [9.17, 15) is 0 Å². The molecule has 1 aromatic heterocycles. The molecular weight excluding hydrogens is 274 g/mol. The minimum absolute atomic E-state index is 0.563. The second-order valence-corrected chi connectivity index (χ2v) is 7.95. The van der Waals surface area contributed by atoms with Crippen molar-refractivity contribution >= 4 is 22.9 Å². The van der Waals surface area contributed by atoms with Crippen molar-refractivity contribution in [1.29, 1.82) is 0 Å². The Kier molecular flexibility index (Phi) is 4.51. The van der Waals surface area contributed by atoms with E-state index >= 15 is 0 Å². The first-order chi connectivity index (χ1) is 9.26. The Hall–Kier alpha value is -0.0500. The van der Waals surface area contributed by atoms with Crippen molar-refractivity contribution in [2.45, 2.75) is 70.4 Å². The quantitative estimate of drug-likeness (QED) is 0.794. The Morgan fingerprint density at radius 3 is 3.05 bits per heavy atom. The molecule has 0 radical (unpaired) electrons. The summed E-state index contributed by atoms with van der Waals surface area (Å²) in [6.45, 7) is 2.34. The van der Waals surface area contributed by atoms with E-state index in [1.807, 2.05) is 0 Å². The first kappa shape index (κ1) is 13.9. The lowest BCUT2D eigenvalue weighted by Crippen LogP contribution is -2.37. The largest absolute Gasteiger partial charge is 0.307 e. The molecule has 1 saturated carbocycles. The van der Waals surface area contributed by atoms with Gasteiger partial charge in [0.1, 0.15) is 0 Å². The molecule has 19 heavy (non-hydrogen) atoms. The van der Waals surface area contributed by atoms with Gasteiger partial charge >= 0.3 is 0 Å². The van der Waals surface area contributed by atoms with Gasteiger partial charge in [0.2, 0.25) is 0 Å². The second-order valence-electron chi connectivity index (χ2n) is 6.18. The lowest BCUT2D eigenvalue weighted by molar-refractivity contribution is 0.255. The van der Waals surface area contributed by atoms with Crippen LogP contribution >= 0.6 is 22.9 Å². The molecule has 1 fully saturated rings. The predicted octanol–water partition coefficient (Wildman–Crippen LogP) is 5.34. The lowest BCUT2D eigenvalue weighted by Gasteiger charge is -2.34. The van der Waals surface area contributed by atoms with Gasteiger partial charge in [0.05, 0.1) is 4.34 Å². The number of nitrogens with one attached hydrogen (secondary N) is 1. The van der Waals surface area contributed by atoms with Gasteiger partial charge in [-0.3, -0.25) is 0 Å². The summed E-state index contributed by atoms with van der Waals surface area (Å²) in [7, 11) is 0. The smallest absolute Gasteiger partial charge is 0.0934 e. The molecule has 0 aliphatic heterocycles. The van der Waals surface area contributed by atoms with Crippen molar-refractivity contribution < 1.29 is 0 Å². The zero-order valence-corrected chi connectivity index (χ0v) is 13.3. The number of rotatable bonds is 3. The van der Waals surface area contributed by atoms with Crippen LogP contribution in [0.3, 0.4) is 0 Å². The highest BCUT2D eigenvalue weighted by molar-refractivity contribution is 7.16. The highest BCUT2D eigenvalue weighted by Crippen LogP contribution is 2.39. The van der Waals surface area contributed by atoms with Crippen molar-refractivity contribution in [3.8, 4) is 0 Å². The molecule has 1 N–H and O–H groups in total. The summed E-state index contributed by atoms with van der Waals surface area (Å²) in [5.41, 5.74) is 1.50. The predicted molar refractivity (Wildman–Crippen MR) is 84.2 cm³/mol. The van der Waals surface area contributed by atoms with Crippen LogP contribution in [0.2, 0.25) is 4.34 Å². The second kappa shape index (κ2) is 6.15. The fourth-order valence-corrected chi connectivity index (χ4v) is 5.18. The van der Waals surface area contributed by atoms with E-state index in [2.05, 4.69) is 18.3 Å². The van der Waals surface area contributed by atoms with Crippen molar-refractivity contribution in [2.24, 2.45) is 5.92 Å². The van der Waals surface area contributed by atoms with E-state index in [0.717, 1.165) is 16.3 Å². The summed E-state index contributed by atoms with van der Waals surface area (Å²) < 4.78 is 0.966. The van der Waals surface area contributed by atoms with Gasteiger partial charge in [-0.2, -0.15) is 0 Å². The highest BCUT2D eigenvalue weighted by atomic mass is 35.5. The number of aryl methyl sites for hydroxylation is 1. The number of hydrogen-bond acceptors (Lipinski definition) is 2. The third kappa shape index (κ3) is 3.17. The summed E-state index contributed by atoms with van der Waals surface area (Å²) in [6, 6.07) is 3.50. The fourth-order valence-electron chi connectivity index (χ4n) is 3.79. The van der Waals surface area contributed by atoms with Gasteiger partial charge in [0.15, 0.2) is 0 Å². The van der Waals surface area contributed by atoms with Crippen LogP contribution in [0.4, 0.5) is 0 Å². The topological polar surface area (TPSA) is 12.0 Å². The molecule has 0 aromatic carbocycles. The van der Waals surface area contributed by atoms with Crippen molar-refractivity contribution in [2.75, 3.05) is 0 Å². The molecule has 1 nitrogen and oxygen atoms in total. The van der Waals surface area contributed by atoms with Gasteiger partial charge in [0, 0.05) is 17.0 Å². The van der Waals surface area contributed by atoms with Crippen LogP contribution in [0.25, 0.3) is 0 Å². The monoisotopic (exact) mass is 297 g/mol. The van der Waals surface area contributed by atoms with Crippen LogP contribution in [0.15, 0.2) is 6.07 Å². The molecule has 2 aliphatic rings. The molecule has 3 unspecified atom stereocenters. The normalized spacial score (nSPS) is 31.2. The first-order valence-electron chi connectivity index (χ1n) is 7.80. The van der Waals surface area contributed by atoms with E-state index in [0.29, 0.717) is 6.04 Å². The molecular formula is C16H24ClNS. The summed E-state index contributed by atoms with van der Waals surface area (Å²) >= 11 is 7.98. The zero-order valence-electron chi connectivity index (χ0n) is 11.8. The van der Waals surface area contributed by atoms with Gasteiger partial charge in [-0.15, -0.1) is 11.3 Å². The van der Waals surface area contributed by atoms with Crippen LogP contribution in [0.5, 0.6) is 0 Å². The minimum Gasteiger partial charge on any atom is -0.307 e. The van der Waals surface area contributed by atoms with E-state index < -0.39 is 0 Å². The Bertz CT molecular complexity index is 428. The van der Waals surface area contributed by atoms with E-state index in [-0.39, 0.29) is 0 Å². The highest BCUT2D eigenvalue weighted by Gasteiger charge is 2.27. The first-order valence-corrected chi connectivity index (χ1v) is 9.00. The van der Waals surface area contributed by atoms with Crippen LogP contribution < -0.4 is 5.32 Å². The average Bonchev–Trinajstić information content (AvgIpc) is 2.80. The maximum absolute atomic E-state index is 6.20. The van der Waals surface area contributed by atoms with Crippen molar-refractivity contribution in [3.05, 3.63) is 20.8 Å². The fraction of sp³-hybridized carbons (Fsp3) is 0.750. The van der Waals surface area contributed by atoms with Crippen LogP contribution in [-0.4, -0.2) is 6.04 Å². The van der Waals surface area contributed by atoms with Crippen LogP contribution in [0.1, 0.15) is 68.4 Å². The van der Waals surface area contributed by atoms with Gasteiger partial charge in [-0.1, -0.05) is 37.8 Å². The Morgan fingerprint density at radius 2 is 2.21 bits per heavy atom.